The zero-order chi connectivity index (χ0) is 19.6. The molecular formula is C24H33NO2. The maximum atomic E-state index is 11.5. The Morgan fingerprint density at radius 3 is 2.48 bits per heavy atom. The van der Waals surface area contributed by atoms with Gasteiger partial charge in [0.2, 0.25) is 0 Å². The third kappa shape index (κ3) is 6.20. The van der Waals surface area contributed by atoms with E-state index < -0.39 is 5.97 Å². The SMILES string of the molecule is CCCCCCCc1cnc(C(=O)O)cc1-c1ccccc1C[C@@H](C)CC. The van der Waals surface area contributed by atoms with Gasteiger partial charge in [-0.25, -0.2) is 9.78 Å². The lowest BCUT2D eigenvalue weighted by Gasteiger charge is -2.16. The van der Waals surface area contributed by atoms with Gasteiger partial charge in [-0.05, 0) is 53.5 Å². The van der Waals surface area contributed by atoms with E-state index in [0.29, 0.717) is 5.92 Å². The summed E-state index contributed by atoms with van der Waals surface area (Å²) >= 11 is 0. The van der Waals surface area contributed by atoms with Crippen LogP contribution in [-0.4, -0.2) is 16.1 Å². The molecule has 0 saturated carbocycles. The monoisotopic (exact) mass is 367 g/mol. The molecule has 0 bridgehead atoms. The lowest BCUT2D eigenvalue weighted by molar-refractivity contribution is 0.0690. The summed E-state index contributed by atoms with van der Waals surface area (Å²) < 4.78 is 0. The fraction of sp³-hybridized carbons (Fsp3) is 0.500. The number of carboxylic acid groups (broad SMARTS) is 1. The van der Waals surface area contributed by atoms with Crippen LogP contribution in [-0.2, 0) is 12.8 Å². The minimum atomic E-state index is -0.967. The van der Waals surface area contributed by atoms with Crippen LogP contribution < -0.4 is 0 Å². The first-order chi connectivity index (χ1) is 13.1. The number of aryl methyl sites for hydroxylation is 1. The Hall–Kier alpha value is -2.16. The van der Waals surface area contributed by atoms with E-state index in [0.717, 1.165) is 42.4 Å². The number of carboxylic acids is 1. The Balaban J connectivity index is 2.35. The van der Waals surface area contributed by atoms with Crippen LogP contribution in [0, 0.1) is 5.92 Å². The maximum Gasteiger partial charge on any atom is 0.354 e. The molecule has 0 saturated heterocycles. The predicted octanol–water partition coefficient (Wildman–Crippen LogP) is 6.55. The highest BCUT2D eigenvalue weighted by atomic mass is 16.4. The van der Waals surface area contributed by atoms with E-state index in [1.165, 1.54) is 31.2 Å². The number of pyridine rings is 1. The van der Waals surface area contributed by atoms with Crippen molar-refractivity contribution >= 4 is 5.97 Å². The molecule has 1 aromatic carbocycles. The average molecular weight is 368 g/mol. The zero-order valence-corrected chi connectivity index (χ0v) is 17.0. The zero-order valence-electron chi connectivity index (χ0n) is 17.0. The summed E-state index contributed by atoms with van der Waals surface area (Å²) in [7, 11) is 0. The van der Waals surface area contributed by atoms with E-state index in [2.05, 4.69) is 44.0 Å². The van der Waals surface area contributed by atoms with Crippen LogP contribution in [0.5, 0.6) is 0 Å². The lowest BCUT2D eigenvalue weighted by Crippen LogP contribution is -2.05. The Kier molecular flexibility index (Phi) is 8.50. The van der Waals surface area contributed by atoms with Gasteiger partial charge in [-0.15, -0.1) is 0 Å². The van der Waals surface area contributed by atoms with Crippen molar-refractivity contribution < 1.29 is 9.90 Å². The van der Waals surface area contributed by atoms with Crippen LogP contribution >= 0.6 is 0 Å². The molecule has 146 valence electrons. The number of unbranched alkanes of at least 4 members (excludes halogenated alkanes) is 4. The molecule has 0 unspecified atom stereocenters. The fourth-order valence-corrected chi connectivity index (χ4v) is 3.45. The second-order valence-electron chi connectivity index (χ2n) is 7.57. The maximum absolute atomic E-state index is 11.5. The molecule has 3 nitrogen and oxygen atoms in total. The number of benzene rings is 1. The fourth-order valence-electron chi connectivity index (χ4n) is 3.45. The van der Waals surface area contributed by atoms with E-state index in [4.69, 9.17) is 0 Å². The minimum absolute atomic E-state index is 0.123. The number of hydrogen-bond acceptors (Lipinski definition) is 2. The van der Waals surface area contributed by atoms with E-state index in [1.54, 1.807) is 12.3 Å². The van der Waals surface area contributed by atoms with Crippen molar-refractivity contribution in [1.29, 1.82) is 0 Å². The number of hydrogen-bond donors (Lipinski definition) is 1. The second kappa shape index (κ2) is 10.9. The molecule has 1 N–H and O–H groups in total. The standard InChI is InChI=1S/C24H33NO2/c1-4-6-7-8-9-13-20-17-25-23(24(26)27)16-22(20)21-14-11-10-12-19(21)15-18(3)5-2/h10-12,14,16-18H,4-9,13,15H2,1-3H3,(H,26,27)/t18-/m0/s1. The summed E-state index contributed by atoms with van der Waals surface area (Å²) in [5.41, 5.74) is 4.77. The molecule has 2 rings (SSSR count). The van der Waals surface area contributed by atoms with Gasteiger partial charge in [0, 0.05) is 6.20 Å². The summed E-state index contributed by atoms with van der Waals surface area (Å²) in [5, 5.41) is 9.41. The van der Waals surface area contributed by atoms with Crippen LogP contribution in [0.3, 0.4) is 0 Å². The van der Waals surface area contributed by atoms with Crippen LogP contribution in [0.25, 0.3) is 11.1 Å². The van der Waals surface area contributed by atoms with Gasteiger partial charge in [0.15, 0.2) is 0 Å². The van der Waals surface area contributed by atoms with Gasteiger partial charge in [0.25, 0.3) is 0 Å². The first-order valence-electron chi connectivity index (χ1n) is 10.4. The highest BCUT2D eigenvalue weighted by molar-refractivity contribution is 5.88. The molecule has 1 heterocycles. The van der Waals surface area contributed by atoms with E-state index in [1.807, 2.05) is 6.07 Å². The van der Waals surface area contributed by atoms with Crippen molar-refractivity contribution in [3.63, 3.8) is 0 Å². The van der Waals surface area contributed by atoms with Gasteiger partial charge in [0.05, 0.1) is 0 Å². The Bertz CT molecular complexity index is 739. The molecule has 0 spiro atoms. The summed E-state index contributed by atoms with van der Waals surface area (Å²) in [5.74, 6) is -0.366. The molecule has 0 fully saturated rings. The largest absolute Gasteiger partial charge is 0.477 e. The molecule has 3 heteroatoms. The molecule has 0 amide bonds. The summed E-state index contributed by atoms with van der Waals surface area (Å²) in [6, 6.07) is 10.2. The molecule has 2 aromatic rings. The number of nitrogens with zero attached hydrogens (tertiary/aromatic N) is 1. The number of aromatic carboxylic acids is 1. The number of aromatic nitrogens is 1. The van der Waals surface area contributed by atoms with Gasteiger partial charge >= 0.3 is 5.97 Å². The van der Waals surface area contributed by atoms with E-state index in [-0.39, 0.29) is 5.69 Å². The summed E-state index contributed by atoms with van der Waals surface area (Å²) in [6.07, 6.45) is 11.0. The second-order valence-corrected chi connectivity index (χ2v) is 7.57. The van der Waals surface area contributed by atoms with Crippen molar-refractivity contribution in [1.82, 2.24) is 4.98 Å². The molecule has 0 aliphatic carbocycles. The topological polar surface area (TPSA) is 50.2 Å². The van der Waals surface area contributed by atoms with Crippen molar-refractivity contribution in [2.75, 3.05) is 0 Å². The normalized spacial score (nSPS) is 12.1. The Morgan fingerprint density at radius 1 is 1.04 bits per heavy atom. The van der Waals surface area contributed by atoms with Crippen LogP contribution in [0.1, 0.15) is 80.9 Å². The molecule has 1 atom stereocenters. The van der Waals surface area contributed by atoms with Crippen molar-refractivity contribution in [3.05, 3.63) is 53.3 Å². The molecule has 0 radical (unpaired) electrons. The van der Waals surface area contributed by atoms with Crippen molar-refractivity contribution in [3.8, 4) is 11.1 Å². The molecule has 27 heavy (non-hydrogen) atoms. The van der Waals surface area contributed by atoms with Crippen LogP contribution in [0.15, 0.2) is 36.5 Å². The van der Waals surface area contributed by atoms with Gasteiger partial charge in [-0.2, -0.15) is 0 Å². The van der Waals surface area contributed by atoms with Gasteiger partial charge in [-0.1, -0.05) is 77.1 Å². The van der Waals surface area contributed by atoms with Gasteiger partial charge in [-0.3, -0.25) is 0 Å². The van der Waals surface area contributed by atoms with Crippen molar-refractivity contribution in [2.45, 2.75) is 72.1 Å². The first kappa shape index (κ1) is 21.1. The number of rotatable bonds is 11. The van der Waals surface area contributed by atoms with Gasteiger partial charge < -0.3 is 5.11 Å². The molecular weight excluding hydrogens is 334 g/mol. The highest BCUT2D eigenvalue weighted by Crippen LogP contribution is 2.30. The number of carbonyl (C=O) groups is 1. The lowest BCUT2D eigenvalue weighted by atomic mass is 9.89. The smallest absolute Gasteiger partial charge is 0.354 e. The summed E-state index contributed by atoms with van der Waals surface area (Å²) in [4.78, 5) is 15.7. The van der Waals surface area contributed by atoms with Crippen LogP contribution in [0.2, 0.25) is 0 Å². The molecule has 0 aliphatic heterocycles. The molecule has 0 aliphatic rings. The first-order valence-corrected chi connectivity index (χ1v) is 10.4. The van der Waals surface area contributed by atoms with E-state index >= 15 is 0 Å². The third-order valence-corrected chi connectivity index (χ3v) is 5.33. The van der Waals surface area contributed by atoms with Crippen LogP contribution in [0.4, 0.5) is 0 Å². The minimum Gasteiger partial charge on any atom is -0.477 e. The third-order valence-electron chi connectivity index (χ3n) is 5.33. The highest BCUT2D eigenvalue weighted by Gasteiger charge is 2.15. The Labute approximate surface area is 163 Å². The summed E-state index contributed by atoms with van der Waals surface area (Å²) in [6.45, 7) is 6.70. The van der Waals surface area contributed by atoms with Gasteiger partial charge in [0.1, 0.15) is 5.69 Å². The van der Waals surface area contributed by atoms with Crippen molar-refractivity contribution in [2.24, 2.45) is 5.92 Å². The predicted molar refractivity (Wildman–Crippen MR) is 112 cm³/mol. The Morgan fingerprint density at radius 2 is 1.78 bits per heavy atom. The van der Waals surface area contributed by atoms with E-state index in [9.17, 15) is 9.90 Å². The average Bonchev–Trinajstić information content (AvgIpc) is 2.68. The molecule has 1 aromatic heterocycles. The quantitative estimate of drug-likeness (QED) is 0.458.